The molecule has 304 valence electrons. The average Bonchev–Trinajstić information content (AvgIpc) is 3.67. The van der Waals surface area contributed by atoms with E-state index >= 15 is 0 Å². The number of carbonyl (C=O) groups is 4. The highest BCUT2D eigenvalue weighted by molar-refractivity contribution is 8.00. The summed E-state index contributed by atoms with van der Waals surface area (Å²) in [6.07, 6.45) is 0.883. The molecule has 0 radical (unpaired) electrons. The van der Waals surface area contributed by atoms with Gasteiger partial charge in [-0.15, -0.1) is 11.8 Å². The Morgan fingerprint density at radius 1 is 0.881 bits per heavy atom. The number of aromatic nitrogens is 2. The number of esters is 1. The third-order valence-corrected chi connectivity index (χ3v) is 11.2. The molecule has 5 aromatic rings. The maximum Gasteiger partial charge on any atom is 0.420 e. The number of rotatable bonds is 12. The highest BCUT2D eigenvalue weighted by Gasteiger charge is 2.54. The van der Waals surface area contributed by atoms with Crippen LogP contribution in [0.25, 0.3) is 0 Å². The Kier molecular flexibility index (Phi) is 12.6. The first-order chi connectivity index (χ1) is 28.3. The number of thioether (sulfide) groups is 1. The fraction of sp³-hybridized carbons (Fsp3) is 0.233. The van der Waals surface area contributed by atoms with Crippen LogP contribution in [-0.2, 0) is 30.3 Å². The molecule has 2 amide bonds. The fourth-order valence-corrected chi connectivity index (χ4v) is 8.30. The molecule has 16 heteroatoms. The van der Waals surface area contributed by atoms with Crippen LogP contribution in [0, 0.1) is 0 Å². The van der Waals surface area contributed by atoms with Gasteiger partial charge in [-0.1, -0.05) is 95.5 Å². The molecule has 0 bridgehead atoms. The van der Waals surface area contributed by atoms with E-state index in [1.807, 2.05) is 60.7 Å². The van der Waals surface area contributed by atoms with Crippen LogP contribution in [-0.4, -0.2) is 67.7 Å². The monoisotopic (exact) mass is 874 g/mol. The zero-order valence-electron chi connectivity index (χ0n) is 31.9. The second-order valence-electron chi connectivity index (χ2n) is 14.5. The molecular formula is C43H37Cl3N4O8S. The first-order valence-electron chi connectivity index (χ1n) is 18.3. The lowest BCUT2D eigenvalue weighted by Gasteiger charge is -2.49. The Morgan fingerprint density at radius 3 is 2.17 bits per heavy atom. The lowest BCUT2D eigenvalue weighted by atomic mass is 10.0. The van der Waals surface area contributed by atoms with E-state index in [4.69, 9.17) is 53.8 Å². The van der Waals surface area contributed by atoms with Crippen molar-refractivity contribution in [2.24, 2.45) is 0 Å². The second kappa shape index (κ2) is 17.8. The third-order valence-electron chi connectivity index (χ3n) is 9.06. The Bertz CT molecular complexity index is 2380. The summed E-state index contributed by atoms with van der Waals surface area (Å²) in [5.41, 5.74) is 1.39. The zero-order chi connectivity index (χ0) is 41.8. The molecule has 12 nitrogen and oxygen atoms in total. The molecule has 0 unspecified atom stereocenters. The van der Waals surface area contributed by atoms with Crippen LogP contribution >= 0.6 is 46.6 Å². The van der Waals surface area contributed by atoms with Crippen LogP contribution in [0.2, 0.25) is 15.1 Å². The van der Waals surface area contributed by atoms with Gasteiger partial charge in [0.1, 0.15) is 41.4 Å². The van der Waals surface area contributed by atoms with Crippen LogP contribution in [0.4, 0.5) is 4.79 Å². The van der Waals surface area contributed by atoms with E-state index in [2.05, 4.69) is 10.3 Å². The minimum atomic E-state index is -0.980. The number of hydrogen-bond acceptors (Lipinski definition) is 10. The summed E-state index contributed by atoms with van der Waals surface area (Å²) in [6, 6.07) is 27.2. The van der Waals surface area contributed by atoms with Gasteiger partial charge in [0.15, 0.2) is 17.6 Å². The lowest BCUT2D eigenvalue weighted by Crippen LogP contribution is -2.70. The first kappa shape index (κ1) is 41.7. The standard InChI is InChI=1S/C43H37Cl3N4O8S/c1-43(2,3)58-42(54)49-24-47-21-30(49)20-35(51)48-36-39(52)50-37(41(53)57-38(25-10-6-4-7-11-25)26-12-8-5-9-13-26)27(23-59-40(36)50)22-55-34-19-29(45)15-17-33(34)56-32-16-14-28(44)18-31(32)46/h4-19,21,24,36,38,40H,20,22-23H2,1-3H3,(H,48,51)/t36-,40-/m1/s1. The van der Waals surface area contributed by atoms with Gasteiger partial charge in [0.25, 0.3) is 5.91 Å². The Balaban J connectivity index is 1.16. The number of ether oxygens (including phenoxy) is 4. The van der Waals surface area contributed by atoms with Gasteiger partial charge < -0.3 is 24.3 Å². The van der Waals surface area contributed by atoms with Crippen LogP contribution in [0.1, 0.15) is 43.7 Å². The van der Waals surface area contributed by atoms with Gasteiger partial charge in [-0.05, 0) is 62.2 Å². The SMILES string of the molecule is CC(C)(C)OC(=O)n1cncc1CC(=O)N[C@@H]1C(=O)N2C(C(=O)OC(c3ccccc3)c3ccccc3)=C(COc3cc(Cl)ccc3Oc3ccc(Cl)cc3Cl)CS[C@H]12. The number of fused-ring (bicyclic) bond motifs is 1. The first-order valence-corrected chi connectivity index (χ1v) is 20.5. The van der Waals surface area contributed by atoms with Crippen molar-refractivity contribution < 1.29 is 38.1 Å². The second-order valence-corrected chi connectivity index (χ2v) is 16.9. The zero-order valence-corrected chi connectivity index (χ0v) is 35.0. The molecule has 2 atom stereocenters. The van der Waals surface area contributed by atoms with E-state index in [9.17, 15) is 19.2 Å². The van der Waals surface area contributed by atoms with E-state index in [0.29, 0.717) is 21.4 Å². The molecule has 0 aliphatic carbocycles. The molecule has 2 aliphatic rings. The summed E-state index contributed by atoms with van der Waals surface area (Å²) in [7, 11) is 0. The van der Waals surface area contributed by atoms with E-state index in [-0.39, 0.29) is 46.7 Å². The van der Waals surface area contributed by atoms with Crippen LogP contribution in [0.3, 0.4) is 0 Å². The van der Waals surface area contributed by atoms with Gasteiger partial charge in [-0.3, -0.25) is 14.5 Å². The summed E-state index contributed by atoms with van der Waals surface area (Å²) in [6.45, 7) is 5.02. The van der Waals surface area contributed by atoms with Crippen molar-refractivity contribution in [3.63, 3.8) is 0 Å². The van der Waals surface area contributed by atoms with Gasteiger partial charge in [0.05, 0.1) is 17.1 Å². The number of amides is 2. The summed E-state index contributed by atoms with van der Waals surface area (Å²) >= 11 is 20.2. The van der Waals surface area contributed by atoms with Gasteiger partial charge in [-0.2, -0.15) is 0 Å². The number of nitrogens with one attached hydrogen (secondary N) is 1. The molecule has 1 fully saturated rings. The number of halogens is 3. The minimum absolute atomic E-state index is 0.00523. The van der Waals surface area contributed by atoms with Crippen LogP contribution < -0.4 is 14.8 Å². The molecule has 0 spiro atoms. The van der Waals surface area contributed by atoms with E-state index in [1.165, 1.54) is 29.2 Å². The Hall–Kier alpha value is -5.47. The van der Waals surface area contributed by atoms with Crippen molar-refractivity contribution in [2.75, 3.05) is 12.4 Å². The molecule has 3 heterocycles. The van der Waals surface area contributed by atoms with Gasteiger partial charge in [-0.25, -0.2) is 19.1 Å². The van der Waals surface area contributed by atoms with Gasteiger partial charge in [0, 0.05) is 33.6 Å². The lowest BCUT2D eigenvalue weighted by molar-refractivity contribution is -0.154. The molecular weight excluding hydrogens is 839 g/mol. The maximum absolute atomic E-state index is 14.5. The predicted molar refractivity (Wildman–Crippen MR) is 224 cm³/mol. The summed E-state index contributed by atoms with van der Waals surface area (Å²) < 4.78 is 25.2. The molecule has 2 aliphatic heterocycles. The highest BCUT2D eigenvalue weighted by atomic mass is 35.5. The molecule has 0 saturated carbocycles. The molecule has 1 saturated heterocycles. The molecule has 59 heavy (non-hydrogen) atoms. The maximum atomic E-state index is 14.5. The smallest absolute Gasteiger partial charge is 0.420 e. The summed E-state index contributed by atoms with van der Waals surface area (Å²) in [5.74, 6) is -0.732. The molecule has 7 rings (SSSR count). The van der Waals surface area contributed by atoms with Crippen molar-refractivity contribution >= 4 is 70.4 Å². The minimum Gasteiger partial charge on any atom is -0.485 e. The van der Waals surface area contributed by atoms with E-state index in [1.54, 1.807) is 57.2 Å². The summed E-state index contributed by atoms with van der Waals surface area (Å²) in [4.78, 5) is 60.0. The number of carbonyl (C=O) groups excluding carboxylic acids is 4. The largest absolute Gasteiger partial charge is 0.485 e. The normalized spacial score (nSPS) is 16.3. The Labute approximate surface area is 359 Å². The topological polar surface area (TPSA) is 138 Å². The molecule has 1 N–H and O–H groups in total. The number of nitrogens with zero attached hydrogens (tertiary/aromatic N) is 3. The van der Waals surface area contributed by atoms with Crippen molar-refractivity contribution in [2.45, 2.75) is 50.3 Å². The average molecular weight is 876 g/mol. The van der Waals surface area contributed by atoms with Gasteiger partial charge >= 0.3 is 12.1 Å². The number of β-lactam (4-membered cyclic amide) rings is 1. The van der Waals surface area contributed by atoms with Crippen molar-refractivity contribution in [3.05, 3.63) is 153 Å². The predicted octanol–water partition coefficient (Wildman–Crippen LogP) is 9.03. The highest BCUT2D eigenvalue weighted by Crippen LogP contribution is 2.43. The van der Waals surface area contributed by atoms with Crippen molar-refractivity contribution in [3.8, 4) is 17.2 Å². The van der Waals surface area contributed by atoms with E-state index < -0.39 is 47.0 Å². The number of benzene rings is 4. The van der Waals surface area contributed by atoms with Crippen molar-refractivity contribution in [1.82, 2.24) is 19.8 Å². The summed E-state index contributed by atoms with van der Waals surface area (Å²) in [5, 5.41) is 3.20. The molecule has 1 aromatic heterocycles. The van der Waals surface area contributed by atoms with Crippen LogP contribution in [0.15, 0.2) is 121 Å². The number of imidazole rings is 1. The quantitative estimate of drug-likeness (QED) is 0.0955. The van der Waals surface area contributed by atoms with Crippen LogP contribution in [0.5, 0.6) is 17.2 Å². The number of hydrogen-bond donors (Lipinski definition) is 1. The Morgan fingerprint density at radius 2 is 1.53 bits per heavy atom. The van der Waals surface area contributed by atoms with Crippen molar-refractivity contribution in [1.29, 1.82) is 0 Å². The molecule has 4 aromatic carbocycles. The van der Waals surface area contributed by atoms with Gasteiger partial charge in [0.2, 0.25) is 5.91 Å². The fourth-order valence-electron chi connectivity index (χ4n) is 6.37. The third kappa shape index (κ3) is 9.71. The van der Waals surface area contributed by atoms with E-state index in [0.717, 1.165) is 15.7 Å².